The number of anilines is 1. The second-order valence-corrected chi connectivity index (χ2v) is 9.57. The van der Waals surface area contributed by atoms with Crippen molar-refractivity contribution in [2.45, 2.75) is 92.5 Å². The van der Waals surface area contributed by atoms with Gasteiger partial charge in [0.25, 0.3) is 5.56 Å². The van der Waals surface area contributed by atoms with E-state index >= 15 is 0 Å². The van der Waals surface area contributed by atoms with Crippen molar-refractivity contribution in [3.8, 4) is 11.5 Å². The van der Waals surface area contributed by atoms with Crippen LogP contribution in [0.5, 0.6) is 11.5 Å². The molecule has 0 radical (unpaired) electrons. The Labute approximate surface area is 212 Å². The van der Waals surface area contributed by atoms with Gasteiger partial charge in [0.1, 0.15) is 0 Å². The predicted octanol–water partition coefficient (Wildman–Crippen LogP) is 7.87. The SMILES string of the molecule is CCCCCCOc1c(OC)c2ccc(NCC=C(C)CCC=C(C)C)cc2n(CCCC)c1=O. The molecular formula is C30H46N2O3. The Bertz CT molecular complexity index is 1050. The van der Waals surface area contributed by atoms with Crippen LogP contribution in [-0.4, -0.2) is 24.8 Å². The molecule has 0 bridgehead atoms. The van der Waals surface area contributed by atoms with E-state index < -0.39 is 0 Å². The van der Waals surface area contributed by atoms with Gasteiger partial charge in [0.05, 0.1) is 19.2 Å². The normalized spacial score (nSPS) is 11.5. The summed E-state index contributed by atoms with van der Waals surface area (Å²) in [5.74, 6) is 0.873. The van der Waals surface area contributed by atoms with Gasteiger partial charge in [-0.05, 0) is 64.7 Å². The van der Waals surface area contributed by atoms with Crippen LogP contribution in [0, 0.1) is 0 Å². The number of allylic oxidation sites excluding steroid dienone is 3. The van der Waals surface area contributed by atoms with E-state index in [1.165, 1.54) is 24.0 Å². The second-order valence-electron chi connectivity index (χ2n) is 9.57. The highest BCUT2D eigenvalue weighted by Crippen LogP contribution is 2.34. The van der Waals surface area contributed by atoms with E-state index in [2.05, 4.69) is 64.2 Å². The summed E-state index contributed by atoms with van der Waals surface area (Å²) in [7, 11) is 1.61. The van der Waals surface area contributed by atoms with Gasteiger partial charge in [-0.25, -0.2) is 0 Å². The van der Waals surface area contributed by atoms with Gasteiger partial charge in [-0.1, -0.05) is 62.8 Å². The van der Waals surface area contributed by atoms with E-state index in [4.69, 9.17) is 9.47 Å². The van der Waals surface area contributed by atoms with E-state index in [0.29, 0.717) is 24.7 Å². The molecule has 0 spiro atoms. The Balaban J connectivity index is 2.30. The molecule has 1 heterocycles. The zero-order valence-electron chi connectivity index (χ0n) is 22.8. The molecule has 35 heavy (non-hydrogen) atoms. The molecule has 0 fully saturated rings. The van der Waals surface area contributed by atoms with Gasteiger partial charge in [0.15, 0.2) is 5.75 Å². The quantitative estimate of drug-likeness (QED) is 0.195. The van der Waals surface area contributed by atoms with Crippen LogP contribution in [0.3, 0.4) is 0 Å². The Hall–Kier alpha value is -2.69. The largest absolute Gasteiger partial charge is 0.492 e. The van der Waals surface area contributed by atoms with Crippen molar-refractivity contribution in [1.82, 2.24) is 4.57 Å². The first-order valence-electron chi connectivity index (χ1n) is 13.3. The van der Waals surface area contributed by atoms with Crippen LogP contribution >= 0.6 is 0 Å². The maximum Gasteiger partial charge on any atom is 0.297 e. The molecule has 5 nitrogen and oxygen atoms in total. The molecule has 0 aliphatic carbocycles. The van der Waals surface area contributed by atoms with Crippen LogP contribution in [0.4, 0.5) is 5.69 Å². The zero-order valence-corrected chi connectivity index (χ0v) is 22.8. The summed E-state index contributed by atoms with van der Waals surface area (Å²) in [6, 6.07) is 6.15. The summed E-state index contributed by atoms with van der Waals surface area (Å²) in [5.41, 5.74) is 4.50. The second kappa shape index (κ2) is 15.3. The fourth-order valence-corrected chi connectivity index (χ4v) is 4.11. The van der Waals surface area contributed by atoms with Gasteiger partial charge in [-0.15, -0.1) is 0 Å². The molecule has 0 amide bonds. The van der Waals surface area contributed by atoms with Gasteiger partial charge in [0, 0.05) is 24.2 Å². The number of ether oxygens (including phenoxy) is 2. The molecule has 0 atom stereocenters. The minimum absolute atomic E-state index is 0.106. The van der Waals surface area contributed by atoms with Crippen molar-refractivity contribution in [3.63, 3.8) is 0 Å². The fourth-order valence-electron chi connectivity index (χ4n) is 4.11. The number of rotatable bonds is 16. The molecule has 0 saturated carbocycles. The lowest BCUT2D eigenvalue weighted by atomic mass is 10.1. The van der Waals surface area contributed by atoms with Crippen LogP contribution in [0.2, 0.25) is 0 Å². The van der Waals surface area contributed by atoms with E-state index in [0.717, 1.165) is 61.7 Å². The molecule has 2 aromatic rings. The van der Waals surface area contributed by atoms with Crippen molar-refractivity contribution in [1.29, 1.82) is 0 Å². The molecule has 1 aromatic carbocycles. The standard InChI is InChI=1S/C30H46N2O3/c1-7-9-11-12-21-35-29-28(34-6)26-17-16-25(22-27(26)32(30(29)33)20-10-8-2)31-19-18-24(5)15-13-14-23(3)4/h14,16-18,22,31H,7-13,15,19-21H2,1-6H3. The molecular weight excluding hydrogens is 436 g/mol. The zero-order chi connectivity index (χ0) is 25.6. The first-order chi connectivity index (χ1) is 16.9. The Morgan fingerprint density at radius 2 is 1.77 bits per heavy atom. The topological polar surface area (TPSA) is 52.5 Å². The predicted molar refractivity (Wildman–Crippen MR) is 150 cm³/mol. The Morgan fingerprint density at radius 1 is 1.00 bits per heavy atom. The van der Waals surface area contributed by atoms with E-state index in [1.807, 2.05) is 10.6 Å². The highest BCUT2D eigenvalue weighted by Gasteiger charge is 2.19. The van der Waals surface area contributed by atoms with Crippen LogP contribution in [0.25, 0.3) is 10.9 Å². The average molecular weight is 483 g/mol. The number of aromatic nitrogens is 1. The number of nitrogens with zero attached hydrogens (tertiary/aromatic N) is 1. The third kappa shape index (κ3) is 8.79. The van der Waals surface area contributed by atoms with Crippen LogP contribution in [-0.2, 0) is 6.54 Å². The van der Waals surface area contributed by atoms with Gasteiger partial charge in [-0.2, -0.15) is 0 Å². The monoisotopic (exact) mass is 482 g/mol. The summed E-state index contributed by atoms with van der Waals surface area (Å²) < 4.78 is 13.6. The summed E-state index contributed by atoms with van der Waals surface area (Å²) in [4.78, 5) is 13.5. The van der Waals surface area contributed by atoms with Gasteiger partial charge >= 0.3 is 0 Å². The first-order valence-corrected chi connectivity index (χ1v) is 13.3. The summed E-state index contributed by atoms with van der Waals surface area (Å²) >= 11 is 0. The van der Waals surface area contributed by atoms with Crippen molar-refractivity contribution in [2.75, 3.05) is 25.6 Å². The number of benzene rings is 1. The number of unbranched alkanes of at least 4 members (excludes halogenated alkanes) is 4. The van der Waals surface area contributed by atoms with E-state index in [9.17, 15) is 4.79 Å². The Morgan fingerprint density at radius 3 is 2.46 bits per heavy atom. The minimum atomic E-state index is -0.106. The van der Waals surface area contributed by atoms with Gasteiger partial charge in [0.2, 0.25) is 5.75 Å². The number of methoxy groups -OCH3 is 1. The smallest absolute Gasteiger partial charge is 0.297 e. The summed E-state index contributed by atoms with van der Waals surface area (Å²) in [6.07, 6.45) is 13.0. The number of pyridine rings is 1. The van der Waals surface area contributed by atoms with E-state index in [-0.39, 0.29) is 5.56 Å². The molecule has 1 N–H and O–H groups in total. The van der Waals surface area contributed by atoms with Gasteiger partial charge in [-0.3, -0.25) is 4.79 Å². The van der Waals surface area contributed by atoms with E-state index in [1.54, 1.807) is 7.11 Å². The van der Waals surface area contributed by atoms with Crippen molar-refractivity contribution in [3.05, 3.63) is 51.9 Å². The maximum atomic E-state index is 13.5. The van der Waals surface area contributed by atoms with Gasteiger partial charge < -0.3 is 19.4 Å². The molecule has 0 unspecified atom stereocenters. The number of hydrogen-bond donors (Lipinski definition) is 1. The lowest BCUT2D eigenvalue weighted by molar-refractivity contribution is 0.280. The number of fused-ring (bicyclic) bond motifs is 1. The molecule has 0 aliphatic rings. The molecule has 0 saturated heterocycles. The molecule has 194 valence electrons. The lowest BCUT2D eigenvalue weighted by Crippen LogP contribution is -2.24. The lowest BCUT2D eigenvalue weighted by Gasteiger charge is -2.18. The number of aryl methyl sites for hydroxylation is 1. The van der Waals surface area contributed by atoms with Crippen molar-refractivity contribution in [2.24, 2.45) is 0 Å². The first kappa shape index (κ1) is 28.5. The fraction of sp³-hybridized carbons (Fsp3) is 0.567. The number of hydrogen-bond acceptors (Lipinski definition) is 4. The molecule has 1 aromatic heterocycles. The minimum Gasteiger partial charge on any atom is -0.492 e. The molecule has 5 heteroatoms. The van der Waals surface area contributed by atoms with Crippen LogP contribution in [0.15, 0.2) is 46.3 Å². The molecule has 2 rings (SSSR count). The highest BCUT2D eigenvalue weighted by atomic mass is 16.5. The summed E-state index contributed by atoms with van der Waals surface area (Å²) in [5, 5.41) is 4.40. The molecule has 0 aliphatic heterocycles. The maximum absolute atomic E-state index is 13.5. The summed E-state index contributed by atoms with van der Waals surface area (Å²) in [6.45, 7) is 12.7. The van der Waals surface area contributed by atoms with Crippen molar-refractivity contribution >= 4 is 16.6 Å². The van der Waals surface area contributed by atoms with Crippen LogP contribution in [0.1, 0.15) is 86.0 Å². The third-order valence-electron chi connectivity index (χ3n) is 6.21. The van der Waals surface area contributed by atoms with Crippen molar-refractivity contribution < 1.29 is 9.47 Å². The van der Waals surface area contributed by atoms with Crippen LogP contribution < -0.4 is 20.3 Å². The third-order valence-corrected chi connectivity index (χ3v) is 6.21. The number of nitrogens with one attached hydrogen (secondary N) is 1. The Kier molecular flexibility index (Phi) is 12.5. The average Bonchev–Trinajstić information content (AvgIpc) is 2.83. The highest BCUT2D eigenvalue weighted by molar-refractivity contribution is 5.90.